The van der Waals surface area contributed by atoms with Crippen molar-refractivity contribution in [3.8, 4) is 11.5 Å². The number of hydrogen-bond donors (Lipinski definition) is 1. The summed E-state index contributed by atoms with van der Waals surface area (Å²) in [6, 6.07) is 16.2. The zero-order chi connectivity index (χ0) is 20.8. The maximum Gasteiger partial charge on any atom is 0.272 e. The number of benzene rings is 2. The molecule has 1 heterocycles. The smallest absolute Gasteiger partial charge is 0.272 e. The van der Waals surface area contributed by atoms with Gasteiger partial charge < -0.3 is 19.4 Å². The van der Waals surface area contributed by atoms with Crippen LogP contribution < -0.4 is 20.2 Å². The van der Waals surface area contributed by atoms with E-state index in [1.165, 1.54) is 24.0 Å². The van der Waals surface area contributed by atoms with Crippen molar-refractivity contribution in [2.75, 3.05) is 18.7 Å². The van der Waals surface area contributed by atoms with Gasteiger partial charge in [0.15, 0.2) is 5.75 Å². The minimum absolute atomic E-state index is 0.177. The third-order valence-electron chi connectivity index (χ3n) is 4.32. The number of ether oxygens (including phenoxy) is 2. The monoisotopic (exact) mass is 410 g/mol. The summed E-state index contributed by atoms with van der Waals surface area (Å²) in [4.78, 5) is 26.1. The second-order valence-corrected chi connectivity index (χ2v) is 7.14. The van der Waals surface area contributed by atoms with Gasteiger partial charge in [-0.15, -0.1) is 11.8 Å². The molecule has 29 heavy (non-hydrogen) atoms. The lowest BCUT2D eigenvalue weighted by Gasteiger charge is -2.13. The lowest BCUT2D eigenvalue weighted by atomic mass is 10.2. The first-order chi connectivity index (χ1) is 14.0. The average Bonchev–Trinajstić information content (AvgIpc) is 2.74. The van der Waals surface area contributed by atoms with Gasteiger partial charge in [0.2, 0.25) is 5.43 Å². The second kappa shape index (κ2) is 9.34. The van der Waals surface area contributed by atoms with E-state index >= 15 is 0 Å². The van der Waals surface area contributed by atoms with Crippen molar-refractivity contribution in [2.45, 2.75) is 11.5 Å². The zero-order valence-electron chi connectivity index (χ0n) is 16.5. The fraction of sp³-hybridized carbons (Fsp3) is 0.182. The Hall–Kier alpha value is -3.19. The first-order valence-corrected chi connectivity index (χ1v) is 10.1. The van der Waals surface area contributed by atoms with Gasteiger partial charge in [0.25, 0.3) is 5.91 Å². The highest BCUT2D eigenvalue weighted by Gasteiger charge is 2.14. The summed E-state index contributed by atoms with van der Waals surface area (Å²) >= 11 is 1.54. The molecule has 0 aliphatic rings. The fourth-order valence-electron chi connectivity index (χ4n) is 2.80. The molecule has 3 rings (SSSR count). The molecule has 0 aliphatic carbocycles. The average molecular weight is 410 g/mol. The molecule has 0 saturated heterocycles. The minimum Gasteiger partial charge on any atom is -0.497 e. The maximum absolute atomic E-state index is 12.7. The number of hydrogen-bond acceptors (Lipinski definition) is 5. The van der Waals surface area contributed by atoms with Gasteiger partial charge in [-0.3, -0.25) is 9.59 Å². The van der Waals surface area contributed by atoms with Crippen molar-refractivity contribution in [1.29, 1.82) is 0 Å². The van der Waals surface area contributed by atoms with Gasteiger partial charge in [0.1, 0.15) is 18.1 Å². The second-order valence-electron chi connectivity index (χ2n) is 6.29. The molecule has 0 spiro atoms. The predicted molar refractivity (Wildman–Crippen MR) is 115 cm³/mol. The van der Waals surface area contributed by atoms with Gasteiger partial charge in [0, 0.05) is 18.0 Å². The lowest BCUT2D eigenvalue weighted by Crippen LogP contribution is -2.22. The molecule has 0 bridgehead atoms. The number of thioether (sulfide) groups is 1. The number of nitrogens with one attached hydrogen (secondary N) is 1. The van der Waals surface area contributed by atoms with E-state index < -0.39 is 0 Å². The Morgan fingerprint density at radius 3 is 2.69 bits per heavy atom. The number of amides is 1. The number of aromatic nitrogens is 1. The van der Waals surface area contributed by atoms with Gasteiger partial charge in [0.05, 0.1) is 19.0 Å². The van der Waals surface area contributed by atoms with E-state index in [1.807, 2.05) is 54.8 Å². The van der Waals surface area contributed by atoms with Crippen LogP contribution in [0.15, 0.2) is 70.5 Å². The number of methoxy groups -OCH3 is 1. The predicted octanol–water partition coefficient (Wildman–Crippen LogP) is 3.95. The van der Waals surface area contributed by atoms with Crippen LogP contribution in [0.2, 0.25) is 0 Å². The first-order valence-electron chi connectivity index (χ1n) is 8.92. The molecule has 0 fully saturated rings. The Morgan fingerprint density at radius 1 is 1.14 bits per heavy atom. The van der Waals surface area contributed by atoms with E-state index in [4.69, 9.17) is 9.47 Å². The van der Waals surface area contributed by atoms with Gasteiger partial charge in [-0.25, -0.2) is 0 Å². The van der Waals surface area contributed by atoms with E-state index in [0.717, 1.165) is 16.2 Å². The molecule has 150 valence electrons. The van der Waals surface area contributed by atoms with Gasteiger partial charge >= 0.3 is 0 Å². The number of pyridine rings is 1. The fourth-order valence-corrected chi connectivity index (χ4v) is 3.35. The molecule has 2 aromatic carbocycles. The molecule has 0 saturated carbocycles. The van der Waals surface area contributed by atoms with Crippen molar-refractivity contribution >= 4 is 23.4 Å². The minimum atomic E-state index is -0.356. The van der Waals surface area contributed by atoms with Crippen molar-refractivity contribution in [2.24, 2.45) is 7.05 Å². The number of nitrogens with zero attached hydrogens (tertiary/aromatic N) is 1. The Kier molecular flexibility index (Phi) is 6.61. The third-order valence-corrected chi connectivity index (χ3v) is 5.11. The molecular formula is C22H22N2O4S. The molecular weight excluding hydrogens is 388 g/mol. The Balaban J connectivity index is 1.76. The van der Waals surface area contributed by atoms with Crippen molar-refractivity contribution in [3.63, 3.8) is 0 Å². The molecule has 0 aliphatic heterocycles. The SMILES string of the molecule is COc1cccc(COc2cn(C)c(C(=O)Nc3ccccc3SC)cc2=O)c1. The van der Waals surface area contributed by atoms with Crippen LogP contribution in [-0.4, -0.2) is 23.8 Å². The summed E-state index contributed by atoms with van der Waals surface area (Å²) in [5.41, 5.74) is 1.48. The molecule has 3 aromatic rings. The molecule has 1 amide bonds. The van der Waals surface area contributed by atoms with Crippen LogP contribution in [0, 0.1) is 0 Å². The van der Waals surface area contributed by atoms with Crippen LogP contribution >= 0.6 is 11.8 Å². The quantitative estimate of drug-likeness (QED) is 0.598. The molecule has 6 nitrogen and oxygen atoms in total. The highest BCUT2D eigenvalue weighted by Crippen LogP contribution is 2.25. The summed E-state index contributed by atoms with van der Waals surface area (Å²) in [6.07, 6.45) is 3.47. The molecule has 0 atom stereocenters. The zero-order valence-corrected chi connectivity index (χ0v) is 17.3. The van der Waals surface area contributed by atoms with E-state index in [2.05, 4.69) is 5.32 Å². The number of para-hydroxylation sites is 1. The summed E-state index contributed by atoms with van der Waals surface area (Å²) in [7, 11) is 3.30. The highest BCUT2D eigenvalue weighted by molar-refractivity contribution is 7.98. The van der Waals surface area contributed by atoms with Crippen LogP contribution in [0.1, 0.15) is 16.1 Å². The number of carbonyl (C=O) groups is 1. The normalized spacial score (nSPS) is 10.4. The molecule has 0 unspecified atom stereocenters. The van der Waals surface area contributed by atoms with Gasteiger partial charge in [-0.1, -0.05) is 24.3 Å². The lowest BCUT2D eigenvalue weighted by molar-refractivity contribution is 0.101. The largest absolute Gasteiger partial charge is 0.497 e. The van der Waals surface area contributed by atoms with Crippen molar-refractivity contribution in [1.82, 2.24) is 4.57 Å². The number of anilines is 1. The van der Waals surface area contributed by atoms with Gasteiger partial charge in [-0.05, 0) is 36.1 Å². The van der Waals surface area contributed by atoms with E-state index in [0.29, 0.717) is 5.69 Å². The summed E-state index contributed by atoms with van der Waals surface area (Å²) in [5, 5.41) is 2.86. The Bertz CT molecular complexity index is 1080. The van der Waals surface area contributed by atoms with Crippen LogP contribution in [0.4, 0.5) is 5.69 Å². The first kappa shape index (κ1) is 20.5. The number of rotatable bonds is 7. The third kappa shape index (κ3) is 5.00. The van der Waals surface area contributed by atoms with Crippen molar-refractivity contribution < 1.29 is 14.3 Å². The maximum atomic E-state index is 12.7. The number of carbonyl (C=O) groups excluding carboxylic acids is 1. The Labute approximate surface area is 173 Å². The topological polar surface area (TPSA) is 69.6 Å². The van der Waals surface area contributed by atoms with Crippen LogP contribution in [0.3, 0.4) is 0 Å². The van der Waals surface area contributed by atoms with E-state index in [1.54, 1.807) is 18.7 Å². The molecule has 1 N–H and O–H groups in total. The molecule has 1 aromatic heterocycles. The van der Waals surface area contributed by atoms with Crippen molar-refractivity contribution in [3.05, 3.63) is 82.3 Å². The Morgan fingerprint density at radius 2 is 1.93 bits per heavy atom. The summed E-state index contributed by atoms with van der Waals surface area (Å²) < 4.78 is 12.4. The van der Waals surface area contributed by atoms with Crippen LogP contribution in [0.25, 0.3) is 0 Å². The van der Waals surface area contributed by atoms with E-state index in [-0.39, 0.29) is 29.4 Å². The number of aryl methyl sites for hydroxylation is 1. The van der Waals surface area contributed by atoms with Crippen LogP contribution in [0.5, 0.6) is 11.5 Å². The molecule has 0 radical (unpaired) electrons. The van der Waals surface area contributed by atoms with Gasteiger partial charge in [-0.2, -0.15) is 0 Å². The van der Waals surface area contributed by atoms with E-state index in [9.17, 15) is 9.59 Å². The summed E-state index contributed by atoms with van der Waals surface area (Å²) in [5.74, 6) is 0.540. The standard InChI is InChI=1S/C22H22N2O4S/c1-24-13-20(28-14-15-7-6-8-16(11-15)27-2)19(25)12-18(24)22(26)23-17-9-4-5-10-21(17)29-3/h4-13H,14H2,1-3H3,(H,23,26). The highest BCUT2D eigenvalue weighted by atomic mass is 32.2. The molecule has 7 heteroatoms. The van der Waals surface area contributed by atoms with Crippen LogP contribution in [-0.2, 0) is 13.7 Å². The summed E-state index contributed by atoms with van der Waals surface area (Å²) in [6.45, 7) is 0.221.